The van der Waals surface area contributed by atoms with Crippen molar-refractivity contribution in [1.29, 1.82) is 0 Å². The lowest BCUT2D eigenvalue weighted by molar-refractivity contribution is -0.136. The lowest BCUT2D eigenvalue weighted by atomic mass is 10.1. The monoisotopic (exact) mass is 418 g/mol. The van der Waals surface area contributed by atoms with Crippen molar-refractivity contribution in [2.45, 2.75) is 52.5 Å². The van der Waals surface area contributed by atoms with Gasteiger partial charge < -0.3 is 10.2 Å². The van der Waals surface area contributed by atoms with Crippen molar-refractivity contribution in [3.63, 3.8) is 0 Å². The van der Waals surface area contributed by atoms with Crippen LogP contribution in [0.2, 0.25) is 0 Å². The van der Waals surface area contributed by atoms with E-state index in [9.17, 15) is 27.6 Å². The highest BCUT2D eigenvalue weighted by atomic mass is 32.1. The van der Waals surface area contributed by atoms with E-state index >= 15 is 0 Å². The summed E-state index contributed by atoms with van der Waals surface area (Å²) < 4.78 is 40.3. The number of carbonyl (C=O) groups is 1. The first kappa shape index (κ1) is 20.4. The molecule has 3 rings (SSSR count). The first-order valence-electron chi connectivity index (χ1n) is 8.94. The molecule has 1 unspecified atom stereocenters. The molecule has 0 aliphatic carbocycles. The van der Waals surface area contributed by atoms with Crippen molar-refractivity contribution in [3.8, 4) is 0 Å². The Morgan fingerprint density at radius 1 is 1.21 bits per heavy atom. The van der Waals surface area contributed by atoms with Gasteiger partial charge in [0.25, 0.3) is 5.56 Å². The first-order chi connectivity index (χ1) is 13.1. The molecule has 2 aromatic heterocycles. The molecule has 154 valence electrons. The molecule has 1 aliphatic rings. The molecule has 11 heteroatoms. The quantitative estimate of drug-likeness (QED) is 0.811. The van der Waals surface area contributed by atoms with Crippen LogP contribution in [0.15, 0.2) is 9.59 Å². The summed E-state index contributed by atoms with van der Waals surface area (Å²) in [4.78, 5) is 40.0. The molecule has 0 saturated carbocycles. The minimum atomic E-state index is -4.42. The van der Waals surface area contributed by atoms with Crippen molar-refractivity contribution in [2.75, 3.05) is 13.1 Å². The van der Waals surface area contributed by atoms with Crippen molar-refractivity contribution in [1.82, 2.24) is 19.4 Å². The zero-order valence-corrected chi connectivity index (χ0v) is 16.5. The summed E-state index contributed by atoms with van der Waals surface area (Å²) in [7, 11) is 0. The Balaban J connectivity index is 2.21. The van der Waals surface area contributed by atoms with E-state index in [-0.39, 0.29) is 28.8 Å². The van der Waals surface area contributed by atoms with Crippen LogP contribution in [0.5, 0.6) is 0 Å². The van der Waals surface area contributed by atoms with Crippen LogP contribution in [-0.2, 0) is 13.1 Å². The normalized spacial score (nSPS) is 16.1. The third kappa shape index (κ3) is 3.43. The van der Waals surface area contributed by atoms with Gasteiger partial charge in [0, 0.05) is 31.1 Å². The summed E-state index contributed by atoms with van der Waals surface area (Å²) in [5, 5.41) is 2.95. The number of urea groups is 1. The maximum atomic E-state index is 12.8. The van der Waals surface area contributed by atoms with E-state index in [1.165, 1.54) is 0 Å². The molecule has 1 aliphatic heterocycles. The van der Waals surface area contributed by atoms with Crippen LogP contribution in [0.1, 0.15) is 36.8 Å². The van der Waals surface area contributed by atoms with Crippen LogP contribution in [0.25, 0.3) is 10.2 Å². The third-order valence-electron chi connectivity index (χ3n) is 5.00. The van der Waals surface area contributed by atoms with Crippen LogP contribution < -0.4 is 16.6 Å². The number of nitrogens with one attached hydrogen (secondary N) is 1. The van der Waals surface area contributed by atoms with Gasteiger partial charge in [-0.1, -0.05) is 0 Å². The van der Waals surface area contributed by atoms with E-state index in [4.69, 9.17) is 0 Å². The van der Waals surface area contributed by atoms with Gasteiger partial charge in [-0.15, -0.1) is 11.3 Å². The average Bonchev–Trinajstić information content (AvgIpc) is 3.17. The van der Waals surface area contributed by atoms with Crippen LogP contribution in [0.4, 0.5) is 18.0 Å². The molecule has 3 heterocycles. The van der Waals surface area contributed by atoms with Gasteiger partial charge in [-0.3, -0.25) is 13.9 Å². The van der Waals surface area contributed by atoms with Gasteiger partial charge in [-0.05, 0) is 26.3 Å². The highest BCUT2D eigenvalue weighted by Gasteiger charge is 2.31. The Morgan fingerprint density at radius 2 is 1.89 bits per heavy atom. The van der Waals surface area contributed by atoms with Gasteiger partial charge >= 0.3 is 17.9 Å². The summed E-state index contributed by atoms with van der Waals surface area (Å²) in [6.07, 6.45) is -5.59. The van der Waals surface area contributed by atoms with Crippen molar-refractivity contribution in [2.24, 2.45) is 0 Å². The standard InChI is InChI=1S/C17H21F3N4O3S/c1-4-22-13(25)11-9(2)12(10(3)23-8-6-21-15(23)26)28-14(11)24(16(22)27)7-5-17(18,19)20/h10H,4-8H2,1-3H3,(H,21,26). The molecule has 28 heavy (non-hydrogen) atoms. The number of hydrogen-bond acceptors (Lipinski definition) is 4. The fraction of sp³-hybridized carbons (Fsp3) is 0.588. The fourth-order valence-corrected chi connectivity index (χ4v) is 4.91. The van der Waals surface area contributed by atoms with Crippen LogP contribution in [0, 0.1) is 6.92 Å². The SMILES string of the molecule is CCn1c(=O)c2c(C)c(C(C)N3CCNC3=O)sc2n(CCC(F)(F)F)c1=O. The highest BCUT2D eigenvalue weighted by Crippen LogP contribution is 2.36. The molecule has 0 bridgehead atoms. The van der Waals surface area contributed by atoms with Crippen LogP contribution in [0.3, 0.4) is 0 Å². The van der Waals surface area contributed by atoms with Gasteiger partial charge in [-0.2, -0.15) is 13.2 Å². The number of aromatic nitrogens is 2. The number of nitrogens with zero attached hydrogens (tertiary/aromatic N) is 3. The molecule has 0 radical (unpaired) electrons. The van der Waals surface area contributed by atoms with Gasteiger partial charge in [-0.25, -0.2) is 9.59 Å². The maximum Gasteiger partial charge on any atom is 0.390 e. The number of fused-ring (bicyclic) bond motifs is 1. The number of hydrogen-bond donors (Lipinski definition) is 1. The van der Waals surface area contributed by atoms with E-state index in [0.717, 1.165) is 20.5 Å². The second-order valence-corrected chi connectivity index (χ2v) is 7.75. The predicted molar refractivity (Wildman–Crippen MR) is 99.9 cm³/mol. The molecule has 2 amide bonds. The van der Waals surface area contributed by atoms with E-state index in [1.807, 2.05) is 0 Å². The van der Waals surface area contributed by atoms with Crippen molar-refractivity contribution in [3.05, 3.63) is 31.3 Å². The van der Waals surface area contributed by atoms with Crippen LogP contribution >= 0.6 is 11.3 Å². The van der Waals surface area contributed by atoms with Gasteiger partial charge in [0.1, 0.15) is 4.83 Å². The smallest absolute Gasteiger partial charge is 0.336 e. The molecule has 1 atom stereocenters. The number of aryl methyl sites for hydroxylation is 2. The summed E-state index contributed by atoms with van der Waals surface area (Å²) in [6.45, 7) is 5.62. The lowest BCUT2D eigenvalue weighted by Gasteiger charge is -2.22. The number of amides is 2. The van der Waals surface area contributed by atoms with E-state index in [0.29, 0.717) is 23.5 Å². The molecule has 1 saturated heterocycles. The lowest BCUT2D eigenvalue weighted by Crippen LogP contribution is -2.39. The van der Waals surface area contributed by atoms with Crippen molar-refractivity contribution < 1.29 is 18.0 Å². The Morgan fingerprint density at radius 3 is 2.43 bits per heavy atom. The summed E-state index contributed by atoms with van der Waals surface area (Å²) in [6, 6.07) is -0.592. The van der Waals surface area contributed by atoms with Crippen LogP contribution in [-0.4, -0.2) is 39.3 Å². The molecule has 0 aromatic carbocycles. The Hall–Kier alpha value is -2.30. The Bertz CT molecular complexity index is 1040. The Labute approximate surface area is 162 Å². The summed E-state index contributed by atoms with van der Waals surface area (Å²) >= 11 is 1.11. The average molecular weight is 418 g/mol. The number of halogens is 3. The Kier molecular flexibility index (Phi) is 5.30. The number of carbonyl (C=O) groups excluding carboxylic acids is 1. The number of rotatable bonds is 5. The molecular formula is C17H21F3N4O3S. The predicted octanol–water partition coefficient (Wildman–Crippen LogP) is 2.59. The molecule has 7 nitrogen and oxygen atoms in total. The second-order valence-electron chi connectivity index (χ2n) is 6.72. The number of alkyl halides is 3. The topological polar surface area (TPSA) is 76.3 Å². The van der Waals surface area contributed by atoms with Crippen molar-refractivity contribution >= 4 is 27.6 Å². The highest BCUT2D eigenvalue weighted by molar-refractivity contribution is 7.19. The molecule has 0 spiro atoms. The van der Waals surface area contributed by atoms with E-state index < -0.39 is 30.4 Å². The largest absolute Gasteiger partial charge is 0.390 e. The molecule has 1 N–H and O–H groups in total. The number of thiophene rings is 1. The third-order valence-corrected chi connectivity index (χ3v) is 6.49. The zero-order valence-electron chi connectivity index (χ0n) is 15.7. The molecular weight excluding hydrogens is 397 g/mol. The van der Waals surface area contributed by atoms with E-state index in [1.54, 1.807) is 25.7 Å². The fourth-order valence-electron chi connectivity index (χ4n) is 3.52. The first-order valence-corrected chi connectivity index (χ1v) is 9.76. The zero-order chi connectivity index (χ0) is 20.8. The summed E-state index contributed by atoms with van der Waals surface area (Å²) in [5.74, 6) is 0. The minimum absolute atomic E-state index is 0.0638. The molecule has 2 aromatic rings. The summed E-state index contributed by atoms with van der Waals surface area (Å²) in [5.41, 5.74) is -0.660. The molecule has 1 fully saturated rings. The second kappa shape index (κ2) is 7.26. The van der Waals surface area contributed by atoms with Gasteiger partial charge in [0.15, 0.2) is 0 Å². The van der Waals surface area contributed by atoms with Gasteiger partial charge in [0.05, 0.1) is 17.8 Å². The van der Waals surface area contributed by atoms with E-state index in [2.05, 4.69) is 5.32 Å². The minimum Gasteiger partial charge on any atom is -0.336 e. The maximum absolute atomic E-state index is 12.8. The van der Waals surface area contributed by atoms with Gasteiger partial charge in [0.2, 0.25) is 0 Å².